The molecule has 0 bridgehead atoms. The van der Waals surface area contributed by atoms with Gasteiger partial charge in [0.2, 0.25) is 5.95 Å². The fourth-order valence-electron chi connectivity index (χ4n) is 3.05. The summed E-state index contributed by atoms with van der Waals surface area (Å²) in [6.45, 7) is 5.20. The van der Waals surface area contributed by atoms with Crippen molar-refractivity contribution in [1.82, 2.24) is 20.1 Å². The summed E-state index contributed by atoms with van der Waals surface area (Å²) >= 11 is 5.89. The predicted molar refractivity (Wildman–Crippen MR) is 70.9 cm³/mol. The molecule has 0 aliphatic carbocycles. The lowest BCUT2D eigenvalue weighted by Gasteiger charge is -2.36. The van der Waals surface area contributed by atoms with Crippen LogP contribution in [0.4, 0.5) is 5.95 Å². The number of halogens is 1. The van der Waals surface area contributed by atoms with Crippen molar-refractivity contribution in [2.75, 3.05) is 31.6 Å². The Hall–Kier alpha value is -0.940. The van der Waals surface area contributed by atoms with E-state index < -0.39 is 0 Å². The molecule has 2 unspecified atom stereocenters. The molecule has 2 saturated heterocycles. The number of anilines is 1. The molecule has 0 radical (unpaired) electrons. The number of nitrogens with zero attached hydrogens (tertiary/aromatic N) is 5. The molecule has 0 N–H and O–H groups in total. The van der Waals surface area contributed by atoms with Crippen LogP contribution in [0.3, 0.4) is 0 Å². The van der Waals surface area contributed by atoms with Crippen molar-refractivity contribution in [3.8, 4) is 0 Å². The minimum atomic E-state index is 0.398. The molecule has 0 aromatic carbocycles. The summed E-state index contributed by atoms with van der Waals surface area (Å²) in [6, 6.07) is 0.533. The van der Waals surface area contributed by atoms with E-state index >= 15 is 0 Å². The number of rotatable bonds is 1. The van der Waals surface area contributed by atoms with Crippen LogP contribution in [-0.4, -0.2) is 52.8 Å². The quantitative estimate of drug-likeness (QED) is 0.769. The SMILES string of the molecule is Cc1nc(N2CCC3CCN(C)CC32)nnc1Cl. The van der Waals surface area contributed by atoms with Crippen LogP contribution in [-0.2, 0) is 0 Å². The number of hydrogen-bond donors (Lipinski definition) is 0. The number of aromatic nitrogens is 3. The maximum atomic E-state index is 5.89. The van der Waals surface area contributed by atoms with Crippen molar-refractivity contribution >= 4 is 17.5 Å². The van der Waals surface area contributed by atoms with Gasteiger partial charge in [-0.1, -0.05) is 11.6 Å². The Bertz CT molecular complexity index is 452. The second-order valence-electron chi connectivity index (χ2n) is 5.35. The topological polar surface area (TPSA) is 45.2 Å². The van der Waals surface area contributed by atoms with Crippen molar-refractivity contribution < 1.29 is 0 Å². The summed E-state index contributed by atoms with van der Waals surface area (Å²) in [7, 11) is 2.18. The minimum absolute atomic E-state index is 0.398. The number of aryl methyl sites for hydroxylation is 1. The van der Waals surface area contributed by atoms with Gasteiger partial charge in [0.25, 0.3) is 0 Å². The third-order valence-electron chi connectivity index (χ3n) is 4.12. The van der Waals surface area contributed by atoms with Gasteiger partial charge >= 0.3 is 0 Å². The molecule has 3 heterocycles. The van der Waals surface area contributed by atoms with E-state index in [9.17, 15) is 0 Å². The number of likely N-dealkylation sites (tertiary alicyclic amines) is 1. The molecule has 2 fully saturated rings. The summed E-state index contributed by atoms with van der Waals surface area (Å²) < 4.78 is 0. The van der Waals surface area contributed by atoms with Gasteiger partial charge in [-0.25, -0.2) is 4.98 Å². The third kappa shape index (κ3) is 2.06. The van der Waals surface area contributed by atoms with Crippen molar-refractivity contribution in [2.45, 2.75) is 25.8 Å². The van der Waals surface area contributed by atoms with E-state index in [1.54, 1.807) is 0 Å². The molecule has 6 heteroatoms. The van der Waals surface area contributed by atoms with Crippen molar-refractivity contribution in [3.63, 3.8) is 0 Å². The van der Waals surface area contributed by atoms with Gasteiger partial charge in [0, 0.05) is 19.1 Å². The van der Waals surface area contributed by atoms with Crippen LogP contribution in [0.1, 0.15) is 18.5 Å². The van der Waals surface area contributed by atoms with Crippen molar-refractivity contribution in [3.05, 3.63) is 10.8 Å². The van der Waals surface area contributed by atoms with Gasteiger partial charge in [0.05, 0.1) is 5.69 Å². The molecule has 0 spiro atoms. The van der Waals surface area contributed by atoms with Crippen LogP contribution >= 0.6 is 11.6 Å². The van der Waals surface area contributed by atoms with E-state index in [1.165, 1.54) is 19.4 Å². The number of fused-ring (bicyclic) bond motifs is 1. The van der Waals surface area contributed by atoms with Crippen LogP contribution in [0.15, 0.2) is 0 Å². The van der Waals surface area contributed by atoms with Gasteiger partial charge in [0.15, 0.2) is 5.15 Å². The maximum Gasteiger partial charge on any atom is 0.245 e. The lowest BCUT2D eigenvalue weighted by Crippen LogP contribution is -2.47. The monoisotopic (exact) mass is 267 g/mol. The smallest absolute Gasteiger partial charge is 0.245 e. The van der Waals surface area contributed by atoms with Gasteiger partial charge in [-0.3, -0.25) is 0 Å². The highest BCUT2D eigenvalue weighted by atomic mass is 35.5. The van der Waals surface area contributed by atoms with Crippen LogP contribution in [0.5, 0.6) is 0 Å². The lowest BCUT2D eigenvalue weighted by atomic mass is 9.92. The highest BCUT2D eigenvalue weighted by molar-refractivity contribution is 6.29. The van der Waals surface area contributed by atoms with E-state index in [4.69, 9.17) is 11.6 Å². The van der Waals surface area contributed by atoms with Crippen LogP contribution in [0.25, 0.3) is 0 Å². The molecule has 2 aliphatic heterocycles. The highest BCUT2D eigenvalue weighted by Gasteiger charge is 2.38. The molecule has 3 rings (SSSR count). The van der Waals surface area contributed by atoms with E-state index in [-0.39, 0.29) is 0 Å². The Morgan fingerprint density at radius 2 is 2.00 bits per heavy atom. The normalized spacial score (nSPS) is 28.5. The predicted octanol–water partition coefficient (Wildman–Crippen LogP) is 1.36. The molecule has 1 aromatic heterocycles. The molecule has 1 aromatic rings. The average molecular weight is 268 g/mol. The molecular weight excluding hydrogens is 250 g/mol. The van der Waals surface area contributed by atoms with Gasteiger partial charge in [-0.2, -0.15) is 0 Å². The van der Waals surface area contributed by atoms with Gasteiger partial charge in [0.1, 0.15) is 0 Å². The first-order chi connectivity index (χ1) is 8.65. The maximum absolute atomic E-state index is 5.89. The Kier molecular flexibility index (Phi) is 3.11. The summed E-state index contributed by atoms with van der Waals surface area (Å²) in [5.41, 5.74) is 0.759. The average Bonchev–Trinajstić information content (AvgIpc) is 2.75. The molecule has 2 aliphatic rings. The van der Waals surface area contributed by atoms with Gasteiger partial charge in [-0.15, -0.1) is 10.2 Å². The zero-order valence-corrected chi connectivity index (χ0v) is 11.6. The van der Waals surface area contributed by atoms with Crippen molar-refractivity contribution in [1.29, 1.82) is 0 Å². The molecular formula is C12H18ClN5. The Balaban J connectivity index is 1.85. The molecule has 0 saturated carbocycles. The first-order valence-corrected chi connectivity index (χ1v) is 6.85. The Labute approximate surface area is 112 Å². The van der Waals surface area contributed by atoms with E-state index in [0.717, 1.165) is 30.6 Å². The number of piperidine rings is 1. The fraction of sp³-hybridized carbons (Fsp3) is 0.750. The molecule has 0 amide bonds. The largest absolute Gasteiger partial charge is 0.335 e. The second kappa shape index (κ2) is 4.63. The summed E-state index contributed by atoms with van der Waals surface area (Å²) in [5, 5.41) is 8.53. The number of likely N-dealkylation sites (N-methyl/N-ethyl adjacent to an activating group) is 1. The molecule has 18 heavy (non-hydrogen) atoms. The number of hydrogen-bond acceptors (Lipinski definition) is 5. The summed E-state index contributed by atoms with van der Waals surface area (Å²) in [6.07, 6.45) is 2.52. The fourth-order valence-corrected chi connectivity index (χ4v) is 3.13. The van der Waals surface area contributed by atoms with E-state index in [1.807, 2.05) is 6.92 Å². The van der Waals surface area contributed by atoms with Crippen LogP contribution in [0.2, 0.25) is 5.15 Å². The standard InChI is InChI=1S/C12H18ClN5/c1-8-11(13)15-16-12(14-8)18-6-4-9-3-5-17(2)7-10(9)18/h9-10H,3-7H2,1-2H3. The molecule has 5 nitrogen and oxygen atoms in total. The highest BCUT2D eigenvalue weighted by Crippen LogP contribution is 2.33. The summed E-state index contributed by atoms with van der Waals surface area (Å²) in [4.78, 5) is 9.16. The third-order valence-corrected chi connectivity index (χ3v) is 4.47. The van der Waals surface area contributed by atoms with Gasteiger partial charge in [-0.05, 0) is 39.3 Å². The Morgan fingerprint density at radius 1 is 1.22 bits per heavy atom. The van der Waals surface area contributed by atoms with Crippen LogP contribution < -0.4 is 4.90 Å². The van der Waals surface area contributed by atoms with E-state index in [0.29, 0.717) is 11.2 Å². The van der Waals surface area contributed by atoms with E-state index in [2.05, 4.69) is 32.0 Å². The first-order valence-electron chi connectivity index (χ1n) is 6.47. The molecule has 2 atom stereocenters. The minimum Gasteiger partial charge on any atom is -0.335 e. The second-order valence-corrected chi connectivity index (χ2v) is 5.71. The zero-order valence-electron chi connectivity index (χ0n) is 10.8. The van der Waals surface area contributed by atoms with Gasteiger partial charge < -0.3 is 9.80 Å². The first kappa shape index (κ1) is 12.1. The Morgan fingerprint density at radius 3 is 2.78 bits per heavy atom. The van der Waals surface area contributed by atoms with Crippen LogP contribution in [0, 0.1) is 12.8 Å². The molecule has 98 valence electrons. The zero-order chi connectivity index (χ0) is 12.7. The summed E-state index contributed by atoms with van der Waals surface area (Å²) in [5.74, 6) is 1.51. The lowest BCUT2D eigenvalue weighted by molar-refractivity contribution is 0.207. The van der Waals surface area contributed by atoms with Crippen molar-refractivity contribution in [2.24, 2.45) is 5.92 Å².